The van der Waals surface area contributed by atoms with Crippen LogP contribution in [0.1, 0.15) is 51.9 Å². The molecule has 0 aromatic carbocycles. The van der Waals surface area contributed by atoms with Crippen LogP contribution in [-0.2, 0) is 14.3 Å². The first-order valence-electron chi connectivity index (χ1n) is 6.68. The van der Waals surface area contributed by atoms with E-state index >= 15 is 0 Å². The molecule has 2 N–H and O–H groups in total. The molecule has 1 saturated carbocycles. The van der Waals surface area contributed by atoms with Gasteiger partial charge in [-0.15, -0.1) is 0 Å². The number of nitrogens with two attached hydrogens (primary N) is 1. The number of hydrogen-bond acceptors (Lipinski definition) is 4. The van der Waals surface area contributed by atoms with E-state index in [1.54, 1.807) is 0 Å². The van der Waals surface area contributed by atoms with E-state index in [1.165, 1.54) is 0 Å². The molecule has 0 radical (unpaired) electrons. The standard InChI is InChI=1S/C13H25NO3/c1-2-3-8-16-9-10-17-12(15)11-13(14)6-4-5-7-13/h2-11,14H2,1H3. The van der Waals surface area contributed by atoms with Gasteiger partial charge in [-0.25, -0.2) is 0 Å². The lowest BCUT2D eigenvalue weighted by molar-refractivity contribution is -0.146. The topological polar surface area (TPSA) is 61.5 Å². The SMILES string of the molecule is CCCCOCCOC(=O)CC1(N)CCCC1. The van der Waals surface area contributed by atoms with Gasteiger partial charge in [-0.3, -0.25) is 4.79 Å². The van der Waals surface area contributed by atoms with E-state index in [0.717, 1.165) is 45.1 Å². The summed E-state index contributed by atoms with van der Waals surface area (Å²) in [7, 11) is 0. The minimum atomic E-state index is -0.305. The van der Waals surface area contributed by atoms with Gasteiger partial charge >= 0.3 is 5.97 Å². The second-order valence-electron chi connectivity index (χ2n) is 4.93. The Bertz CT molecular complexity index is 225. The third kappa shape index (κ3) is 6.03. The Morgan fingerprint density at radius 1 is 1.24 bits per heavy atom. The van der Waals surface area contributed by atoms with Gasteiger partial charge < -0.3 is 15.2 Å². The van der Waals surface area contributed by atoms with Gasteiger partial charge in [-0.1, -0.05) is 26.2 Å². The van der Waals surface area contributed by atoms with E-state index in [2.05, 4.69) is 6.92 Å². The molecule has 0 heterocycles. The molecule has 0 aromatic rings. The molecule has 17 heavy (non-hydrogen) atoms. The molecule has 1 rings (SSSR count). The van der Waals surface area contributed by atoms with Crippen molar-refractivity contribution in [2.75, 3.05) is 19.8 Å². The lowest BCUT2D eigenvalue weighted by Crippen LogP contribution is -2.39. The maximum atomic E-state index is 11.5. The largest absolute Gasteiger partial charge is 0.463 e. The van der Waals surface area contributed by atoms with E-state index in [0.29, 0.717) is 19.6 Å². The van der Waals surface area contributed by atoms with Crippen molar-refractivity contribution in [3.05, 3.63) is 0 Å². The molecule has 1 aliphatic rings. The minimum Gasteiger partial charge on any atom is -0.463 e. The number of unbranched alkanes of at least 4 members (excludes halogenated alkanes) is 1. The Kier molecular flexibility index (Phi) is 6.52. The molecule has 0 aromatic heterocycles. The highest BCUT2D eigenvalue weighted by Gasteiger charge is 2.32. The fourth-order valence-corrected chi connectivity index (χ4v) is 2.16. The number of ether oxygens (including phenoxy) is 2. The first-order chi connectivity index (χ1) is 8.16. The fraction of sp³-hybridized carbons (Fsp3) is 0.923. The molecule has 0 amide bonds. The summed E-state index contributed by atoms with van der Waals surface area (Å²) < 4.78 is 10.4. The molecule has 1 fully saturated rings. The predicted octanol–water partition coefficient (Wildman–Crippen LogP) is 2.01. The number of hydrogen-bond donors (Lipinski definition) is 1. The summed E-state index contributed by atoms with van der Waals surface area (Å²) in [6.45, 7) is 3.70. The first kappa shape index (κ1) is 14.5. The highest BCUT2D eigenvalue weighted by Crippen LogP contribution is 2.30. The smallest absolute Gasteiger partial charge is 0.307 e. The molecule has 0 spiro atoms. The number of esters is 1. The highest BCUT2D eigenvalue weighted by molar-refractivity contribution is 5.70. The van der Waals surface area contributed by atoms with Crippen molar-refractivity contribution in [3.8, 4) is 0 Å². The zero-order valence-corrected chi connectivity index (χ0v) is 10.9. The monoisotopic (exact) mass is 243 g/mol. The maximum Gasteiger partial charge on any atom is 0.307 e. The Balaban J connectivity index is 2.01. The van der Waals surface area contributed by atoms with Crippen LogP contribution in [0.4, 0.5) is 0 Å². The van der Waals surface area contributed by atoms with Crippen molar-refractivity contribution in [3.63, 3.8) is 0 Å². The van der Waals surface area contributed by atoms with Crippen LogP contribution in [0.3, 0.4) is 0 Å². The molecular weight excluding hydrogens is 218 g/mol. The van der Waals surface area contributed by atoms with Crippen LogP contribution >= 0.6 is 0 Å². The Hall–Kier alpha value is -0.610. The van der Waals surface area contributed by atoms with Crippen molar-refractivity contribution in [1.82, 2.24) is 0 Å². The van der Waals surface area contributed by atoms with Gasteiger partial charge in [0.05, 0.1) is 13.0 Å². The van der Waals surface area contributed by atoms with Gasteiger partial charge in [-0.05, 0) is 19.3 Å². The van der Waals surface area contributed by atoms with Crippen LogP contribution in [0.2, 0.25) is 0 Å². The first-order valence-corrected chi connectivity index (χ1v) is 6.68. The molecule has 4 nitrogen and oxygen atoms in total. The fourth-order valence-electron chi connectivity index (χ4n) is 2.16. The molecule has 4 heteroatoms. The molecular formula is C13H25NO3. The Labute approximate surface area is 104 Å². The average molecular weight is 243 g/mol. The van der Waals surface area contributed by atoms with Crippen LogP contribution < -0.4 is 5.73 Å². The zero-order chi connectivity index (χ0) is 12.6. The van der Waals surface area contributed by atoms with E-state index in [4.69, 9.17) is 15.2 Å². The van der Waals surface area contributed by atoms with Crippen LogP contribution in [0.15, 0.2) is 0 Å². The molecule has 0 atom stereocenters. The number of carbonyl (C=O) groups is 1. The van der Waals surface area contributed by atoms with Crippen molar-refractivity contribution in [2.24, 2.45) is 5.73 Å². The summed E-state index contributed by atoms with van der Waals surface area (Å²) in [5, 5.41) is 0. The summed E-state index contributed by atoms with van der Waals surface area (Å²) in [5.41, 5.74) is 5.79. The molecule has 100 valence electrons. The van der Waals surface area contributed by atoms with Crippen LogP contribution in [0, 0.1) is 0 Å². The Morgan fingerprint density at radius 3 is 2.59 bits per heavy atom. The van der Waals surface area contributed by atoms with Crippen LogP contribution in [0.25, 0.3) is 0 Å². The van der Waals surface area contributed by atoms with Gasteiger partial charge in [-0.2, -0.15) is 0 Å². The van der Waals surface area contributed by atoms with Gasteiger partial charge in [0.25, 0.3) is 0 Å². The maximum absolute atomic E-state index is 11.5. The summed E-state index contributed by atoms with van der Waals surface area (Å²) >= 11 is 0. The van der Waals surface area contributed by atoms with E-state index < -0.39 is 0 Å². The molecule has 1 aliphatic carbocycles. The van der Waals surface area contributed by atoms with Gasteiger partial charge in [0, 0.05) is 12.1 Å². The third-order valence-electron chi connectivity index (χ3n) is 3.23. The van der Waals surface area contributed by atoms with Crippen LogP contribution in [-0.4, -0.2) is 31.3 Å². The Morgan fingerprint density at radius 2 is 1.94 bits per heavy atom. The second kappa shape index (κ2) is 7.67. The van der Waals surface area contributed by atoms with Crippen molar-refractivity contribution >= 4 is 5.97 Å². The van der Waals surface area contributed by atoms with E-state index in [-0.39, 0.29) is 11.5 Å². The molecule has 0 aliphatic heterocycles. The van der Waals surface area contributed by atoms with Crippen molar-refractivity contribution in [1.29, 1.82) is 0 Å². The predicted molar refractivity (Wildman–Crippen MR) is 66.7 cm³/mol. The minimum absolute atomic E-state index is 0.187. The quantitative estimate of drug-likeness (QED) is 0.523. The molecule has 0 unspecified atom stereocenters. The molecule has 0 saturated heterocycles. The lowest BCUT2D eigenvalue weighted by Gasteiger charge is -2.21. The normalized spacial score (nSPS) is 18.2. The number of rotatable bonds is 8. The molecule has 0 bridgehead atoms. The van der Waals surface area contributed by atoms with Crippen LogP contribution in [0.5, 0.6) is 0 Å². The zero-order valence-electron chi connectivity index (χ0n) is 10.9. The summed E-state index contributed by atoms with van der Waals surface area (Å²) in [5.74, 6) is -0.187. The van der Waals surface area contributed by atoms with E-state index in [1.807, 2.05) is 0 Å². The van der Waals surface area contributed by atoms with Gasteiger partial charge in [0.1, 0.15) is 6.61 Å². The highest BCUT2D eigenvalue weighted by atomic mass is 16.6. The van der Waals surface area contributed by atoms with Crippen molar-refractivity contribution < 1.29 is 14.3 Å². The number of carbonyl (C=O) groups excluding carboxylic acids is 1. The third-order valence-corrected chi connectivity index (χ3v) is 3.23. The summed E-state index contributed by atoms with van der Waals surface area (Å²) in [4.78, 5) is 11.5. The van der Waals surface area contributed by atoms with E-state index in [9.17, 15) is 4.79 Å². The van der Waals surface area contributed by atoms with Gasteiger partial charge in [0.15, 0.2) is 0 Å². The average Bonchev–Trinajstić information content (AvgIpc) is 2.70. The van der Waals surface area contributed by atoms with Crippen molar-refractivity contribution in [2.45, 2.75) is 57.4 Å². The summed E-state index contributed by atoms with van der Waals surface area (Å²) in [6.07, 6.45) is 6.66. The lowest BCUT2D eigenvalue weighted by atomic mass is 9.95. The second-order valence-corrected chi connectivity index (χ2v) is 4.93. The van der Waals surface area contributed by atoms with Gasteiger partial charge in [0.2, 0.25) is 0 Å². The summed E-state index contributed by atoms with van der Waals surface area (Å²) in [6, 6.07) is 0.